The van der Waals surface area contributed by atoms with Gasteiger partial charge in [0.15, 0.2) is 0 Å². The van der Waals surface area contributed by atoms with Gasteiger partial charge in [-0.1, -0.05) is 0 Å². The molecule has 24 heavy (non-hydrogen) atoms. The van der Waals surface area contributed by atoms with E-state index in [4.69, 9.17) is 14.2 Å². The van der Waals surface area contributed by atoms with E-state index in [1.807, 2.05) is 0 Å². The van der Waals surface area contributed by atoms with Gasteiger partial charge < -0.3 is 14.2 Å². The molecule has 6 nitrogen and oxygen atoms in total. The molecule has 0 aliphatic carbocycles. The summed E-state index contributed by atoms with van der Waals surface area (Å²) in [6.07, 6.45) is 0. The summed E-state index contributed by atoms with van der Waals surface area (Å²) in [4.78, 5) is 33.4. The van der Waals surface area contributed by atoms with E-state index in [0.717, 1.165) is 27.4 Å². The van der Waals surface area contributed by atoms with Crippen LogP contribution in [-0.2, 0) is 48.4 Å². The molecule has 0 aliphatic heterocycles. The van der Waals surface area contributed by atoms with Crippen molar-refractivity contribution in [1.82, 2.24) is 0 Å². The van der Waals surface area contributed by atoms with E-state index in [0.29, 0.717) is 0 Å². The Morgan fingerprint density at radius 1 is 0.625 bits per heavy atom. The number of carbonyl (C=O) groups is 3. The van der Waals surface area contributed by atoms with E-state index in [1.54, 1.807) is 0 Å². The van der Waals surface area contributed by atoms with Gasteiger partial charge in [0.2, 0.25) is 0 Å². The standard InChI is InChI=1S/C15H15I3O6/c1-7(19)22-4-10-13(16)11(5-23-8(2)20)15(18)12(14(10)17)6-24-9(3)21/h4-6H2,1-3H3. The highest BCUT2D eigenvalue weighted by Gasteiger charge is 2.22. The second-order valence-corrected chi connectivity index (χ2v) is 7.95. The van der Waals surface area contributed by atoms with Gasteiger partial charge in [-0.05, 0) is 67.8 Å². The monoisotopic (exact) mass is 672 g/mol. The molecule has 0 amide bonds. The fourth-order valence-electron chi connectivity index (χ4n) is 1.74. The maximum absolute atomic E-state index is 11.1. The van der Waals surface area contributed by atoms with Crippen molar-refractivity contribution in [1.29, 1.82) is 0 Å². The minimum absolute atomic E-state index is 0.100. The fraction of sp³-hybridized carbons (Fsp3) is 0.400. The van der Waals surface area contributed by atoms with Crippen molar-refractivity contribution in [2.45, 2.75) is 40.6 Å². The smallest absolute Gasteiger partial charge is 0.302 e. The van der Waals surface area contributed by atoms with Gasteiger partial charge in [-0.2, -0.15) is 0 Å². The molecular weight excluding hydrogens is 657 g/mol. The molecule has 1 aromatic rings. The number of hydrogen-bond donors (Lipinski definition) is 0. The minimum atomic E-state index is -0.386. The van der Waals surface area contributed by atoms with Crippen LogP contribution in [0.25, 0.3) is 0 Å². The Hall–Kier alpha value is -0.180. The normalized spacial score (nSPS) is 10.2. The predicted molar refractivity (Wildman–Crippen MR) is 111 cm³/mol. The summed E-state index contributed by atoms with van der Waals surface area (Å²) in [5, 5.41) is 0. The maximum atomic E-state index is 11.1. The van der Waals surface area contributed by atoms with Crippen LogP contribution in [0.1, 0.15) is 37.5 Å². The van der Waals surface area contributed by atoms with E-state index in [1.165, 1.54) is 20.8 Å². The first-order valence-corrected chi connectivity index (χ1v) is 9.95. The third kappa shape index (κ3) is 6.28. The topological polar surface area (TPSA) is 78.9 Å². The number of ether oxygens (including phenoxy) is 3. The minimum Gasteiger partial charge on any atom is -0.461 e. The van der Waals surface area contributed by atoms with Crippen molar-refractivity contribution in [2.24, 2.45) is 0 Å². The average Bonchev–Trinajstić information content (AvgIpc) is 2.45. The number of esters is 3. The van der Waals surface area contributed by atoms with E-state index in [2.05, 4.69) is 67.8 Å². The van der Waals surface area contributed by atoms with Gasteiger partial charge in [-0.25, -0.2) is 0 Å². The first kappa shape index (κ1) is 21.9. The summed E-state index contributed by atoms with van der Waals surface area (Å²) in [5.41, 5.74) is 2.41. The largest absolute Gasteiger partial charge is 0.461 e. The average molecular weight is 672 g/mol. The SMILES string of the molecule is CC(=O)OCc1c(I)c(COC(C)=O)c(I)c(COC(C)=O)c1I. The van der Waals surface area contributed by atoms with E-state index in [9.17, 15) is 14.4 Å². The second kappa shape index (κ2) is 10.1. The van der Waals surface area contributed by atoms with Gasteiger partial charge in [0.1, 0.15) is 19.8 Å². The Kier molecular flexibility index (Phi) is 9.19. The molecule has 0 saturated carbocycles. The van der Waals surface area contributed by atoms with Crippen molar-refractivity contribution in [3.05, 3.63) is 27.4 Å². The Morgan fingerprint density at radius 2 is 0.833 bits per heavy atom. The van der Waals surface area contributed by atoms with Crippen LogP contribution in [0.5, 0.6) is 0 Å². The van der Waals surface area contributed by atoms with Crippen LogP contribution in [0.2, 0.25) is 0 Å². The Balaban J connectivity index is 3.36. The first-order chi connectivity index (χ1) is 11.1. The lowest BCUT2D eigenvalue weighted by Gasteiger charge is -2.19. The number of hydrogen-bond acceptors (Lipinski definition) is 6. The number of halogens is 3. The van der Waals surface area contributed by atoms with Gasteiger partial charge in [0.05, 0.1) is 0 Å². The van der Waals surface area contributed by atoms with Crippen molar-refractivity contribution in [2.75, 3.05) is 0 Å². The molecule has 0 aliphatic rings. The Bertz CT molecular complexity index is 560. The van der Waals surface area contributed by atoms with Crippen molar-refractivity contribution < 1.29 is 28.6 Å². The van der Waals surface area contributed by atoms with Crippen LogP contribution in [0.4, 0.5) is 0 Å². The second-order valence-electron chi connectivity index (χ2n) is 4.72. The molecule has 0 bridgehead atoms. The molecule has 0 spiro atoms. The third-order valence-corrected chi connectivity index (χ3v) is 6.76. The summed E-state index contributed by atoms with van der Waals surface area (Å²) in [6.45, 7) is 4.32. The lowest BCUT2D eigenvalue weighted by atomic mass is 10.1. The molecular formula is C15H15I3O6. The summed E-state index contributed by atoms with van der Waals surface area (Å²) in [7, 11) is 0. The van der Waals surface area contributed by atoms with E-state index in [-0.39, 0.29) is 37.7 Å². The van der Waals surface area contributed by atoms with Gasteiger partial charge in [0, 0.05) is 48.2 Å². The van der Waals surface area contributed by atoms with Crippen LogP contribution >= 0.6 is 67.8 Å². The summed E-state index contributed by atoms with van der Waals surface area (Å²) < 4.78 is 17.9. The zero-order valence-electron chi connectivity index (χ0n) is 13.2. The number of rotatable bonds is 6. The van der Waals surface area contributed by atoms with Gasteiger partial charge in [0.25, 0.3) is 0 Å². The van der Waals surface area contributed by atoms with Crippen LogP contribution in [0, 0.1) is 10.7 Å². The lowest BCUT2D eigenvalue weighted by molar-refractivity contribution is -0.143. The molecule has 0 unspecified atom stereocenters. The molecule has 0 fully saturated rings. The quantitative estimate of drug-likeness (QED) is 0.261. The number of benzene rings is 1. The first-order valence-electron chi connectivity index (χ1n) is 6.72. The molecule has 0 aromatic heterocycles. The van der Waals surface area contributed by atoms with Gasteiger partial charge in [-0.15, -0.1) is 0 Å². The van der Waals surface area contributed by atoms with Crippen LogP contribution in [0.3, 0.4) is 0 Å². The lowest BCUT2D eigenvalue weighted by Crippen LogP contribution is -2.13. The maximum Gasteiger partial charge on any atom is 0.302 e. The summed E-state index contributed by atoms with van der Waals surface area (Å²) >= 11 is 6.43. The van der Waals surface area contributed by atoms with E-state index < -0.39 is 0 Å². The van der Waals surface area contributed by atoms with Crippen molar-refractivity contribution in [3.8, 4) is 0 Å². The highest BCUT2D eigenvalue weighted by atomic mass is 127. The summed E-state index contributed by atoms with van der Waals surface area (Å²) in [6, 6.07) is 0. The van der Waals surface area contributed by atoms with E-state index >= 15 is 0 Å². The Morgan fingerprint density at radius 3 is 1.00 bits per heavy atom. The molecule has 0 radical (unpaired) electrons. The fourth-order valence-corrected chi connectivity index (χ4v) is 5.84. The van der Waals surface area contributed by atoms with Crippen molar-refractivity contribution >= 4 is 85.7 Å². The van der Waals surface area contributed by atoms with Crippen molar-refractivity contribution in [3.63, 3.8) is 0 Å². The number of carbonyl (C=O) groups excluding carboxylic acids is 3. The van der Waals surface area contributed by atoms with Crippen LogP contribution < -0.4 is 0 Å². The zero-order valence-corrected chi connectivity index (χ0v) is 19.7. The molecule has 0 atom stereocenters. The molecule has 0 N–H and O–H groups in total. The Labute approximate surface area is 180 Å². The third-order valence-electron chi connectivity index (χ3n) is 2.85. The predicted octanol–water partition coefficient (Wildman–Crippen LogP) is 3.69. The van der Waals surface area contributed by atoms with Gasteiger partial charge in [-0.3, -0.25) is 14.4 Å². The highest BCUT2D eigenvalue weighted by Crippen LogP contribution is 2.33. The molecule has 132 valence electrons. The van der Waals surface area contributed by atoms with Gasteiger partial charge >= 0.3 is 17.9 Å². The van der Waals surface area contributed by atoms with Crippen LogP contribution in [-0.4, -0.2) is 17.9 Å². The molecule has 9 heteroatoms. The zero-order chi connectivity index (χ0) is 18.4. The summed E-state index contributed by atoms with van der Waals surface area (Å²) in [5.74, 6) is -1.16. The molecule has 1 rings (SSSR count). The van der Waals surface area contributed by atoms with Crippen LogP contribution in [0.15, 0.2) is 0 Å². The molecule has 1 aromatic carbocycles. The molecule has 0 heterocycles. The highest BCUT2D eigenvalue weighted by molar-refractivity contribution is 14.1. The molecule has 0 saturated heterocycles.